The van der Waals surface area contributed by atoms with Crippen LogP contribution in [0.15, 0.2) is 27.1 Å². The van der Waals surface area contributed by atoms with E-state index in [0.717, 1.165) is 26.0 Å². The van der Waals surface area contributed by atoms with Crippen LogP contribution in [0.2, 0.25) is 9.56 Å². The fourth-order valence-corrected chi connectivity index (χ4v) is 3.51. The highest BCUT2D eigenvalue weighted by Gasteiger charge is 2.20. The molecule has 0 spiro atoms. The van der Waals surface area contributed by atoms with E-state index in [9.17, 15) is 0 Å². The van der Waals surface area contributed by atoms with Gasteiger partial charge < -0.3 is 9.73 Å². The van der Waals surface area contributed by atoms with Crippen LogP contribution in [0.4, 0.5) is 0 Å². The molecule has 92 valence electrons. The van der Waals surface area contributed by atoms with Gasteiger partial charge in [-0.25, -0.2) is 0 Å². The van der Waals surface area contributed by atoms with Gasteiger partial charge in [-0.05, 0) is 52.3 Å². The van der Waals surface area contributed by atoms with Gasteiger partial charge in [-0.15, -0.1) is 11.3 Å². The van der Waals surface area contributed by atoms with Crippen molar-refractivity contribution in [2.45, 2.75) is 13.0 Å². The number of hydrogen-bond acceptors (Lipinski definition) is 3. The van der Waals surface area contributed by atoms with Gasteiger partial charge in [0, 0.05) is 9.35 Å². The molecule has 1 unspecified atom stereocenters. The molecule has 0 saturated carbocycles. The molecule has 1 N–H and O–H groups in total. The van der Waals surface area contributed by atoms with Crippen LogP contribution in [-0.4, -0.2) is 6.54 Å². The molecule has 0 aliphatic carbocycles. The molecule has 2 rings (SSSR count). The van der Waals surface area contributed by atoms with Crippen LogP contribution in [0.1, 0.15) is 23.6 Å². The summed E-state index contributed by atoms with van der Waals surface area (Å²) < 4.78 is 7.09. The van der Waals surface area contributed by atoms with Crippen LogP contribution in [0, 0.1) is 0 Å². The van der Waals surface area contributed by atoms with Gasteiger partial charge in [-0.2, -0.15) is 0 Å². The third-order valence-electron chi connectivity index (χ3n) is 2.24. The van der Waals surface area contributed by atoms with Crippen LogP contribution in [0.3, 0.4) is 0 Å². The lowest BCUT2D eigenvalue weighted by Crippen LogP contribution is -2.20. The summed E-state index contributed by atoms with van der Waals surface area (Å²) in [6, 6.07) is 5.60. The molecule has 0 radical (unpaired) electrons. The average Bonchev–Trinajstić information content (AvgIpc) is 2.83. The van der Waals surface area contributed by atoms with E-state index in [0.29, 0.717) is 5.22 Å². The Morgan fingerprint density at radius 2 is 2.24 bits per heavy atom. The minimum atomic E-state index is -0.0127. The van der Waals surface area contributed by atoms with E-state index in [1.807, 2.05) is 19.1 Å². The highest BCUT2D eigenvalue weighted by Crippen LogP contribution is 2.38. The van der Waals surface area contributed by atoms with Gasteiger partial charge >= 0.3 is 0 Å². The van der Waals surface area contributed by atoms with Crippen molar-refractivity contribution in [3.8, 4) is 0 Å². The van der Waals surface area contributed by atoms with Crippen LogP contribution < -0.4 is 5.32 Å². The van der Waals surface area contributed by atoms with Crippen molar-refractivity contribution >= 4 is 50.5 Å². The second kappa shape index (κ2) is 5.76. The molecule has 0 aliphatic rings. The van der Waals surface area contributed by atoms with E-state index in [2.05, 4.69) is 21.2 Å². The Bertz CT molecular complexity index is 492. The van der Waals surface area contributed by atoms with Crippen molar-refractivity contribution in [1.29, 1.82) is 0 Å². The van der Waals surface area contributed by atoms with Gasteiger partial charge in [0.15, 0.2) is 5.22 Å². The average molecular weight is 355 g/mol. The summed E-state index contributed by atoms with van der Waals surface area (Å²) in [4.78, 5) is 1.09. The normalized spacial score (nSPS) is 12.9. The molecule has 0 aliphatic heterocycles. The number of halogens is 3. The standard InChI is InChI=1S/C11H10BrCl2NOS/c1-2-15-10(7-3-4-9(13)16-7)8-5-6(12)11(14)17-8/h3-5,10,15H,2H2,1H3. The summed E-state index contributed by atoms with van der Waals surface area (Å²) in [6.45, 7) is 2.87. The summed E-state index contributed by atoms with van der Waals surface area (Å²) in [5.41, 5.74) is 0. The molecule has 0 fully saturated rings. The van der Waals surface area contributed by atoms with Crippen molar-refractivity contribution in [2.24, 2.45) is 0 Å². The summed E-state index contributed by atoms with van der Waals surface area (Å²) in [7, 11) is 0. The zero-order chi connectivity index (χ0) is 12.4. The minimum Gasteiger partial charge on any atom is -0.448 e. The molecular weight excluding hydrogens is 345 g/mol. The lowest BCUT2D eigenvalue weighted by atomic mass is 10.2. The highest BCUT2D eigenvalue weighted by molar-refractivity contribution is 9.10. The van der Waals surface area contributed by atoms with Gasteiger partial charge in [-0.1, -0.05) is 18.5 Å². The fraction of sp³-hybridized carbons (Fsp3) is 0.273. The molecule has 0 bridgehead atoms. The summed E-state index contributed by atoms with van der Waals surface area (Å²) >= 11 is 16.8. The van der Waals surface area contributed by atoms with Crippen molar-refractivity contribution in [2.75, 3.05) is 6.54 Å². The first-order chi connectivity index (χ1) is 8.11. The van der Waals surface area contributed by atoms with Gasteiger partial charge in [0.1, 0.15) is 16.1 Å². The van der Waals surface area contributed by atoms with Crippen LogP contribution in [-0.2, 0) is 0 Å². The zero-order valence-electron chi connectivity index (χ0n) is 8.97. The predicted molar refractivity (Wildman–Crippen MR) is 76.3 cm³/mol. The van der Waals surface area contributed by atoms with Gasteiger partial charge in [0.2, 0.25) is 0 Å². The van der Waals surface area contributed by atoms with E-state index in [1.165, 1.54) is 11.3 Å². The first-order valence-corrected chi connectivity index (χ1v) is 7.41. The van der Waals surface area contributed by atoms with Crippen LogP contribution in [0.25, 0.3) is 0 Å². The molecule has 0 aromatic carbocycles. The summed E-state index contributed by atoms with van der Waals surface area (Å²) in [6.07, 6.45) is 0. The second-order valence-electron chi connectivity index (χ2n) is 3.40. The largest absolute Gasteiger partial charge is 0.448 e. The first-order valence-electron chi connectivity index (χ1n) is 5.05. The number of thiophene rings is 1. The molecule has 2 heterocycles. The van der Waals surface area contributed by atoms with Crippen molar-refractivity contribution in [3.05, 3.63) is 42.9 Å². The summed E-state index contributed by atoms with van der Waals surface area (Å²) in [5, 5.41) is 3.74. The SMILES string of the molecule is CCNC(c1ccc(Cl)o1)c1cc(Br)c(Cl)s1. The van der Waals surface area contributed by atoms with Gasteiger partial charge in [-0.3, -0.25) is 0 Å². The van der Waals surface area contributed by atoms with E-state index >= 15 is 0 Å². The first kappa shape index (κ1) is 13.4. The number of nitrogens with one attached hydrogen (secondary N) is 1. The molecule has 2 aromatic heterocycles. The smallest absolute Gasteiger partial charge is 0.193 e. The number of furan rings is 1. The molecule has 2 nitrogen and oxygen atoms in total. The molecule has 0 amide bonds. The number of hydrogen-bond donors (Lipinski definition) is 1. The van der Waals surface area contributed by atoms with Gasteiger partial charge in [0.05, 0.1) is 0 Å². The third kappa shape index (κ3) is 3.06. The Morgan fingerprint density at radius 3 is 2.71 bits per heavy atom. The fourth-order valence-electron chi connectivity index (χ4n) is 1.53. The molecule has 2 aromatic rings. The topological polar surface area (TPSA) is 25.2 Å². The van der Waals surface area contributed by atoms with Crippen molar-refractivity contribution in [3.63, 3.8) is 0 Å². The van der Waals surface area contributed by atoms with E-state index in [1.54, 1.807) is 6.07 Å². The van der Waals surface area contributed by atoms with Gasteiger partial charge in [0.25, 0.3) is 0 Å². The molecule has 6 heteroatoms. The molecule has 17 heavy (non-hydrogen) atoms. The highest BCUT2D eigenvalue weighted by atomic mass is 79.9. The maximum Gasteiger partial charge on any atom is 0.193 e. The van der Waals surface area contributed by atoms with Crippen LogP contribution >= 0.6 is 50.5 Å². The Kier molecular flexibility index (Phi) is 4.55. The summed E-state index contributed by atoms with van der Waals surface area (Å²) in [5.74, 6) is 0.794. The lowest BCUT2D eigenvalue weighted by molar-refractivity contribution is 0.456. The Hall–Kier alpha value is -0.000000000000000139. The van der Waals surface area contributed by atoms with Crippen LogP contribution in [0.5, 0.6) is 0 Å². The second-order valence-corrected chi connectivity index (χ2v) is 6.32. The van der Waals surface area contributed by atoms with E-state index < -0.39 is 0 Å². The molecule has 0 saturated heterocycles. The Balaban J connectivity index is 2.34. The third-order valence-corrected chi connectivity index (χ3v) is 4.98. The molecular formula is C11H10BrCl2NOS. The minimum absolute atomic E-state index is 0.0127. The Labute approximate surface area is 122 Å². The maximum atomic E-state index is 6.05. The van der Waals surface area contributed by atoms with Crippen molar-refractivity contribution < 1.29 is 4.42 Å². The van der Waals surface area contributed by atoms with Crippen molar-refractivity contribution in [1.82, 2.24) is 5.32 Å². The monoisotopic (exact) mass is 353 g/mol. The van der Waals surface area contributed by atoms with E-state index in [4.69, 9.17) is 27.6 Å². The van der Waals surface area contributed by atoms with E-state index in [-0.39, 0.29) is 6.04 Å². The zero-order valence-corrected chi connectivity index (χ0v) is 12.9. The number of rotatable bonds is 4. The quantitative estimate of drug-likeness (QED) is 0.825. The maximum absolute atomic E-state index is 6.05. The lowest BCUT2D eigenvalue weighted by Gasteiger charge is -2.13. The predicted octanol–water partition coefficient (Wildman–Crippen LogP) is 5.11. The Morgan fingerprint density at radius 1 is 1.47 bits per heavy atom. The molecule has 1 atom stereocenters.